The van der Waals surface area contributed by atoms with Crippen LogP contribution >= 0.6 is 15.9 Å². The summed E-state index contributed by atoms with van der Waals surface area (Å²) in [5.74, 6) is 0. The molecule has 0 heterocycles. The number of hydrogen-bond acceptors (Lipinski definition) is 0. The van der Waals surface area contributed by atoms with Crippen molar-refractivity contribution in [1.82, 2.24) is 0 Å². The molecule has 0 spiro atoms. The maximum Gasteiger partial charge on any atom is 0.0278 e. The number of rotatable bonds is 0. The Balaban J connectivity index is 2.68. The van der Waals surface area contributed by atoms with Crippen molar-refractivity contribution in [2.75, 3.05) is 0 Å². The summed E-state index contributed by atoms with van der Waals surface area (Å²) in [4.78, 5) is -0.294. The number of alkyl halides is 1. The molecule has 4 unspecified atom stereocenters. The first kappa shape index (κ1) is 1.77. The Kier molecular flexibility index (Phi) is 0.580. The zero-order valence-electron chi connectivity index (χ0n) is 7.26. The van der Waals surface area contributed by atoms with Crippen LogP contribution in [0.4, 0.5) is 0 Å². The Morgan fingerprint density at radius 2 is 2.00 bits per heavy atom. The van der Waals surface area contributed by atoms with E-state index >= 15 is 0 Å². The molecule has 0 aromatic rings. The van der Waals surface area contributed by atoms with Gasteiger partial charge in [-0.25, -0.2) is 0 Å². The largest absolute Gasteiger partial charge is 0.0891 e. The molecule has 4 atom stereocenters. The van der Waals surface area contributed by atoms with Crippen LogP contribution in [0.1, 0.15) is 31.1 Å². The van der Waals surface area contributed by atoms with Crippen LogP contribution in [0.5, 0.6) is 0 Å². The second-order valence-corrected chi connectivity index (χ2v) is 2.27. The third kappa shape index (κ3) is 0.970. The Labute approximate surface area is 52.7 Å². The fourth-order valence-electron chi connectivity index (χ4n) is 0.405. The highest BCUT2D eigenvalue weighted by atomic mass is 79.9. The molecule has 1 aliphatic carbocycles. The highest BCUT2D eigenvalue weighted by Crippen LogP contribution is 2.23. The van der Waals surface area contributed by atoms with Crippen molar-refractivity contribution in [1.29, 1.82) is 0 Å². The van der Waals surface area contributed by atoms with Crippen LogP contribution in [0.2, 0.25) is 0 Å². The smallest absolute Gasteiger partial charge is 0.0278 e. The minimum atomic E-state index is -0.716. The van der Waals surface area contributed by atoms with Gasteiger partial charge in [-0.2, -0.15) is 0 Å². The standard InChI is InChI=1S/C5H9Br/c6-5-3-1-2-4-5/h5H,1-4H2/i1D,2D,3D,4D. The van der Waals surface area contributed by atoms with Crippen LogP contribution in [0.15, 0.2) is 0 Å². The van der Waals surface area contributed by atoms with E-state index in [0.717, 1.165) is 0 Å². The van der Waals surface area contributed by atoms with Gasteiger partial charge >= 0.3 is 0 Å². The zero-order valence-corrected chi connectivity index (χ0v) is 4.85. The van der Waals surface area contributed by atoms with Crippen LogP contribution < -0.4 is 0 Å². The van der Waals surface area contributed by atoms with Crippen molar-refractivity contribution in [2.24, 2.45) is 0 Å². The molecule has 0 amide bonds. The molecular weight excluding hydrogens is 140 g/mol. The maximum atomic E-state index is 7.33. The summed E-state index contributed by atoms with van der Waals surface area (Å²) >= 11 is 3.13. The molecule has 36 valence electrons. The summed E-state index contributed by atoms with van der Waals surface area (Å²) in [6.07, 6.45) is -2.64. The minimum Gasteiger partial charge on any atom is -0.0891 e. The fraction of sp³-hybridized carbons (Fsp3) is 1.00. The van der Waals surface area contributed by atoms with Gasteiger partial charge in [-0.15, -0.1) is 0 Å². The van der Waals surface area contributed by atoms with Gasteiger partial charge in [-0.1, -0.05) is 28.7 Å². The molecule has 1 fully saturated rings. The highest BCUT2D eigenvalue weighted by Gasteiger charge is 2.09. The molecule has 6 heavy (non-hydrogen) atoms. The Morgan fingerprint density at radius 1 is 1.50 bits per heavy atom. The van der Waals surface area contributed by atoms with Gasteiger partial charge in [-0.05, 0) is 12.8 Å². The molecule has 1 aliphatic rings. The van der Waals surface area contributed by atoms with Gasteiger partial charge in [-0.3, -0.25) is 0 Å². The summed E-state index contributed by atoms with van der Waals surface area (Å²) in [5.41, 5.74) is 0. The molecule has 1 saturated carbocycles. The van der Waals surface area contributed by atoms with Crippen LogP contribution in [0.3, 0.4) is 0 Å². The maximum absolute atomic E-state index is 7.33. The van der Waals surface area contributed by atoms with E-state index in [-0.39, 0.29) is 4.83 Å². The van der Waals surface area contributed by atoms with Crippen LogP contribution in [0, 0.1) is 0 Å². The molecule has 0 aliphatic heterocycles. The molecule has 0 bridgehead atoms. The SMILES string of the molecule is [2H]C1C([2H])C([2H])C(Br)C1[2H]. The van der Waals surface area contributed by atoms with Crippen molar-refractivity contribution in [2.45, 2.75) is 30.4 Å². The summed E-state index contributed by atoms with van der Waals surface area (Å²) in [5, 5.41) is 0. The topological polar surface area (TPSA) is 0 Å². The lowest BCUT2D eigenvalue weighted by atomic mass is 10.4. The molecule has 0 saturated heterocycles. The molecule has 0 aromatic carbocycles. The zero-order chi connectivity index (χ0) is 7.89. The van der Waals surface area contributed by atoms with E-state index in [4.69, 9.17) is 5.48 Å². The fourth-order valence-corrected chi connectivity index (χ4v) is 0.757. The van der Waals surface area contributed by atoms with Crippen molar-refractivity contribution in [3.8, 4) is 0 Å². The highest BCUT2D eigenvalue weighted by molar-refractivity contribution is 9.09. The molecule has 0 aromatic heterocycles. The second kappa shape index (κ2) is 1.97. The first-order chi connectivity index (χ1) is 4.55. The second-order valence-electron chi connectivity index (χ2n) is 1.21. The average Bonchev–Trinajstić information content (AvgIpc) is 2.07. The lowest BCUT2D eigenvalue weighted by molar-refractivity contribution is 0.886. The van der Waals surface area contributed by atoms with Gasteiger partial charge in [0.2, 0.25) is 0 Å². The van der Waals surface area contributed by atoms with Gasteiger partial charge in [0.15, 0.2) is 0 Å². The van der Waals surface area contributed by atoms with Crippen molar-refractivity contribution in [3.63, 3.8) is 0 Å². The number of halogens is 1. The monoisotopic (exact) mass is 152 g/mol. The first-order valence-corrected chi connectivity index (χ1v) is 2.80. The van der Waals surface area contributed by atoms with E-state index in [2.05, 4.69) is 15.9 Å². The molecule has 0 N–H and O–H groups in total. The molecule has 0 nitrogen and oxygen atoms in total. The lowest BCUT2D eigenvalue weighted by Gasteiger charge is -1.88. The van der Waals surface area contributed by atoms with Crippen LogP contribution in [-0.2, 0) is 0 Å². The van der Waals surface area contributed by atoms with Crippen molar-refractivity contribution < 1.29 is 5.48 Å². The van der Waals surface area contributed by atoms with Gasteiger partial charge in [0.25, 0.3) is 0 Å². The van der Waals surface area contributed by atoms with E-state index < -0.39 is 25.6 Å². The van der Waals surface area contributed by atoms with Crippen molar-refractivity contribution in [3.05, 3.63) is 0 Å². The van der Waals surface area contributed by atoms with Gasteiger partial charge < -0.3 is 0 Å². The number of hydrogen-bond donors (Lipinski definition) is 0. The Bertz CT molecular complexity index is 86.0. The van der Waals surface area contributed by atoms with Gasteiger partial charge in [0.1, 0.15) is 0 Å². The van der Waals surface area contributed by atoms with Gasteiger partial charge in [0.05, 0.1) is 0 Å². The Hall–Kier alpha value is 0.480. The van der Waals surface area contributed by atoms with E-state index in [9.17, 15) is 0 Å². The summed E-state index contributed by atoms with van der Waals surface area (Å²) < 4.78 is 29.2. The molecule has 1 heteroatoms. The quantitative estimate of drug-likeness (QED) is 0.468. The summed E-state index contributed by atoms with van der Waals surface area (Å²) in [6.45, 7) is 0. The third-order valence-corrected chi connectivity index (χ3v) is 1.31. The van der Waals surface area contributed by atoms with E-state index in [1.165, 1.54) is 0 Å². The van der Waals surface area contributed by atoms with E-state index in [1.54, 1.807) is 0 Å². The van der Waals surface area contributed by atoms with Gasteiger partial charge in [0, 0.05) is 10.3 Å². The molecule has 1 rings (SSSR count). The predicted octanol–water partition coefficient (Wildman–Crippen LogP) is 2.32. The molecular formula is C5H9Br. The van der Waals surface area contributed by atoms with Crippen molar-refractivity contribution >= 4 is 15.9 Å². The Morgan fingerprint density at radius 3 is 2.17 bits per heavy atom. The van der Waals surface area contributed by atoms with E-state index in [1.807, 2.05) is 0 Å². The van der Waals surface area contributed by atoms with E-state index in [0.29, 0.717) is 0 Å². The first-order valence-electron chi connectivity index (χ1n) is 4.19. The predicted molar refractivity (Wildman–Crippen MR) is 31.2 cm³/mol. The summed E-state index contributed by atoms with van der Waals surface area (Å²) in [7, 11) is 0. The minimum absolute atomic E-state index is 0.294. The lowest BCUT2D eigenvalue weighted by Crippen LogP contribution is -1.81. The summed E-state index contributed by atoms with van der Waals surface area (Å²) in [6, 6.07) is 0. The van der Waals surface area contributed by atoms with Crippen LogP contribution in [0.25, 0.3) is 0 Å². The van der Waals surface area contributed by atoms with Crippen LogP contribution in [-0.4, -0.2) is 4.83 Å². The molecule has 0 radical (unpaired) electrons. The third-order valence-electron chi connectivity index (χ3n) is 0.701. The average molecular weight is 153 g/mol. The normalized spacial score (nSPS) is 93.2.